The van der Waals surface area contributed by atoms with E-state index in [2.05, 4.69) is 11.2 Å². The predicted molar refractivity (Wildman–Crippen MR) is 58.8 cm³/mol. The van der Waals surface area contributed by atoms with Gasteiger partial charge >= 0.3 is 0 Å². The second-order valence-corrected chi connectivity index (χ2v) is 3.22. The lowest BCUT2D eigenvalue weighted by atomic mass is 10.1. The van der Waals surface area contributed by atoms with Crippen molar-refractivity contribution in [3.63, 3.8) is 0 Å². The van der Waals surface area contributed by atoms with Crippen LogP contribution in [0.4, 0.5) is 5.69 Å². The van der Waals surface area contributed by atoms with Crippen LogP contribution < -0.4 is 5.32 Å². The molecular weight excluding hydrogens is 198 g/mol. The van der Waals surface area contributed by atoms with E-state index in [-0.39, 0.29) is 5.78 Å². The number of carbonyl (C=O) groups excluding carboxylic acids is 1. The minimum absolute atomic E-state index is 0.0431. The number of hydrogen-bond acceptors (Lipinski definition) is 2. The van der Waals surface area contributed by atoms with Crippen molar-refractivity contribution in [1.29, 1.82) is 0 Å². The lowest BCUT2D eigenvalue weighted by molar-refractivity contribution is 0.101. The first-order valence-corrected chi connectivity index (χ1v) is 4.50. The van der Waals surface area contributed by atoms with Crippen LogP contribution >= 0.6 is 11.6 Å². The molecule has 0 fully saturated rings. The molecule has 0 aliphatic heterocycles. The van der Waals surface area contributed by atoms with Gasteiger partial charge in [-0.1, -0.05) is 17.5 Å². The summed E-state index contributed by atoms with van der Waals surface area (Å²) in [5, 5.41) is 3.41. The summed E-state index contributed by atoms with van der Waals surface area (Å²) >= 11 is 5.89. The van der Waals surface area contributed by atoms with Crippen molar-refractivity contribution in [3.05, 3.63) is 28.8 Å². The van der Waals surface area contributed by atoms with E-state index in [1.165, 1.54) is 6.92 Å². The molecule has 0 bridgehead atoms. The number of terminal acetylenes is 1. The molecular formula is C11H10ClNO. The summed E-state index contributed by atoms with van der Waals surface area (Å²) in [5.41, 5.74) is 1.34. The highest BCUT2D eigenvalue weighted by atomic mass is 35.5. The number of halogens is 1. The third kappa shape index (κ3) is 2.51. The molecule has 0 saturated heterocycles. The molecule has 0 unspecified atom stereocenters. The minimum atomic E-state index is -0.0431. The molecule has 1 aromatic carbocycles. The maximum absolute atomic E-state index is 11.1. The molecule has 0 radical (unpaired) electrons. The monoisotopic (exact) mass is 207 g/mol. The highest BCUT2D eigenvalue weighted by molar-refractivity contribution is 6.34. The second-order valence-electron chi connectivity index (χ2n) is 2.81. The number of benzene rings is 1. The number of nitrogens with one attached hydrogen (secondary N) is 1. The van der Waals surface area contributed by atoms with Crippen molar-refractivity contribution < 1.29 is 4.79 Å². The highest BCUT2D eigenvalue weighted by Gasteiger charge is 2.05. The molecule has 0 saturated carbocycles. The Labute approximate surface area is 88.3 Å². The molecule has 1 aromatic rings. The molecule has 0 atom stereocenters. The average molecular weight is 208 g/mol. The Balaban J connectivity index is 2.90. The van der Waals surface area contributed by atoms with Gasteiger partial charge in [0, 0.05) is 11.3 Å². The van der Waals surface area contributed by atoms with Crippen LogP contribution in [0.3, 0.4) is 0 Å². The molecule has 0 aliphatic rings. The fourth-order valence-corrected chi connectivity index (χ4v) is 1.38. The summed E-state index contributed by atoms with van der Waals surface area (Å²) in [7, 11) is 0. The Hall–Kier alpha value is -1.46. The van der Waals surface area contributed by atoms with Gasteiger partial charge in [0.2, 0.25) is 0 Å². The highest BCUT2D eigenvalue weighted by Crippen LogP contribution is 2.21. The summed E-state index contributed by atoms with van der Waals surface area (Å²) in [6, 6.07) is 5.15. The Kier molecular flexibility index (Phi) is 3.55. The maximum Gasteiger partial charge on any atom is 0.161 e. The van der Waals surface area contributed by atoms with Crippen molar-refractivity contribution in [2.24, 2.45) is 0 Å². The van der Waals surface area contributed by atoms with Gasteiger partial charge < -0.3 is 5.32 Å². The van der Waals surface area contributed by atoms with E-state index in [1.807, 2.05) is 0 Å². The zero-order valence-corrected chi connectivity index (χ0v) is 8.56. The molecule has 0 heterocycles. The molecule has 2 nitrogen and oxygen atoms in total. The number of ketones is 1. The molecule has 1 rings (SSSR count). The summed E-state index contributed by atoms with van der Waals surface area (Å²) in [6.45, 7) is 1.92. The molecule has 1 N–H and O–H groups in total. The van der Waals surface area contributed by atoms with Crippen molar-refractivity contribution in [2.45, 2.75) is 6.92 Å². The number of Topliss-reactive ketones (excluding diaryl/α,β-unsaturated/α-hetero) is 1. The molecule has 0 spiro atoms. The fourth-order valence-electron chi connectivity index (χ4n) is 1.06. The van der Waals surface area contributed by atoms with Gasteiger partial charge in [-0.05, 0) is 25.1 Å². The van der Waals surface area contributed by atoms with Gasteiger partial charge in [-0.2, -0.15) is 0 Å². The van der Waals surface area contributed by atoms with Gasteiger partial charge in [-0.3, -0.25) is 4.79 Å². The Morgan fingerprint density at radius 3 is 2.86 bits per heavy atom. The standard InChI is InChI=1S/C11H10ClNO/c1-3-6-13-9-4-5-10(8(2)14)11(12)7-9/h1,4-5,7,13H,6H2,2H3. The average Bonchev–Trinajstić information content (AvgIpc) is 2.14. The van der Waals surface area contributed by atoms with Crippen LogP contribution in [0.1, 0.15) is 17.3 Å². The lowest BCUT2D eigenvalue weighted by Gasteiger charge is -2.05. The van der Waals surface area contributed by atoms with Gasteiger partial charge in [0.25, 0.3) is 0 Å². The van der Waals surface area contributed by atoms with E-state index in [0.29, 0.717) is 17.1 Å². The summed E-state index contributed by atoms with van der Waals surface area (Å²) in [5.74, 6) is 2.41. The minimum Gasteiger partial charge on any atom is -0.374 e. The summed E-state index contributed by atoms with van der Waals surface area (Å²) in [6.07, 6.45) is 5.09. The quantitative estimate of drug-likeness (QED) is 0.610. The van der Waals surface area contributed by atoms with Gasteiger partial charge in [0.05, 0.1) is 11.6 Å². The smallest absolute Gasteiger partial charge is 0.161 e. The Morgan fingerprint density at radius 2 is 2.36 bits per heavy atom. The van der Waals surface area contributed by atoms with Crippen LogP contribution in [0, 0.1) is 12.3 Å². The first kappa shape index (κ1) is 10.6. The van der Waals surface area contributed by atoms with Gasteiger partial charge in [-0.15, -0.1) is 6.42 Å². The third-order valence-electron chi connectivity index (χ3n) is 1.74. The van der Waals surface area contributed by atoms with Crippen LogP contribution in [-0.2, 0) is 0 Å². The van der Waals surface area contributed by atoms with Gasteiger partial charge in [-0.25, -0.2) is 0 Å². The van der Waals surface area contributed by atoms with Crippen molar-refractivity contribution >= 4 is 23.1 Å². The van der Waals surface area contributed by atoms with E-state index in [0.717, 1.165) is 5.69 Å². The number of carbonyl (C=O) groups is 1. The molecule has 3 heteroatoms. The number of anilines is 1. The van der Waals surface area contributed by atoms with Crippen LogP contribution in [0.5, 0.6) is 0 Å². The van der Waals surface area contributed by atoms with E-state index in [9.17, 15) is 4.79 Å². The van der Waals surface area contributed by atoms with Crippen molar-refractivity contribution in [3.8, 4) is 12.3 Å². The largest absolute Gasteiger partial charge is 0.374 e. The molecule has 72 valence electrons. The predicted octanol–water partition coefficient (Wildman–Crippen LogP) is 2.59. The Bertz CT molecular complexity index is 393. The molecule has 0 amide bonds. The van der Waals surface area contributed by atoms with E-state index >= 15 is 0 Å². The SMILES string of the molecule is C#CCNc1ccc(C(C)=O)c(Cl)c1. The van der Waals surface area contributed by atoms with E-state index < -0.39 is 0 Å². The first-order valence-electron chi connectivity index (χ1n) is 4.13. The zero-order valence-electron chi connectivity index (χ0n) is 7.80. The van der Waals surface area contributed by atoms with Crippen LogP contribution in [0.25, 0.3) is 0 Å². The molecule has 14 heavy (non-hydrogen) atoms. The number of hydrogen-bond donors (Lipinski definition) is 1. The topological polar surface area (TPSA) is 29.1 Å². The molecule has 0 aromatic heterocycles. The number of rotatable bonds is 3. The van der Waals surface area contributed by atoms with Crippen molar-refractivity contribution in [2.75, 3.05) is 11.9 Å². The summed E-state index contributed by atoms with van der Waals surface area (Å²) in [4.78, 5) is 11.1. The Morgan fingerprint density at radius 1 is 1.64 bits per heavy atom. The van der Waals surface area contributed by atoms with Gasteiger partial charge in [0.1, 0.15) is 0 Å². The van der Waals surface area contributed by atoms with Crippen molar-refractivity contribution in [1.82, 2.24) is 0 Å². The lowest BCUT2D eigenvalue weighted by Crippen LogP contribution is -2.00. The van der Waals surface area contributed by atoms with E-state index in [1.54, 1.807) is 18.2 Å². The van der Waals surface area contributed by atoms with Crippen LogP contribution in [-0.4, -0.2) is 12.3 Å². The van der Waals surface area contributed by atoms with E-state index in [4.69, 9.17) is 18.0 Å². The normalized spacial score (nSPS) is 9.21. The first-order chi connectivity index (χ1) is 6.65. The summed E-state index contributed by atoms with van der Waals surface area (Å²) < 4.78 is 0. The van der Waals surface area contributed by atoms with Crippen LogP contribution in [0.2, 0.25) is 5.02 Å². The molecule has 0 aliphatic carbocycles. The van der Waals surface area contributed by atoms with Crippen LogP contribution in [0.15, 0.2) is 18.2 Å². The second kappa shape index (κ2) is 4.69. The van der Waals surface area contributed by atoms with Gasteiger partial charge in [0.15, 0.2) is 5.78 Å². The maximum atomic E-state index is 11.1. The fraction of sp³-hybridized carbons (Fsp3) is 0.182. The zero-order chi connectivity index (χ0) is 10.6. The third-order valence-corrected chi connectivity index (χ3v) is 2.06.